The minimum Gasteiger partial charge on any atom is -0.466 e. The van der Waals surface area contributed by atoms with Gasteiger partial charge in [0.15, 0.2) is 17.5 Å². The number of hydrogen-bond donors (Lipinski definition) is 12. The van der Waals surface area contributed by atoms with Crippen LogP contribution < -0.4 is 31.7 Å². The second kappa shape index (κ2) is 32.8. The van der Waals surface area contributed by atoms with Gasteiger partial charge in [0, 0.05) is 26.2 Å². The maximum Gasteiger partial charge on any atom is 0.408 e. The van der Waals surface area contributed by atoms with E-state index in [1.807, 2.05) is 13.0 Å². The van der Waals surface area contributed by atoms with E-state index in [1.165, 1.54) is 33.0 Å². The number of carbonyl (C=O) groups is 2. The molecule has 562 valence electrons. The highest BCUT2D eigenvalue weighted by Crippen LogP contribution is 2.40. The third-order valence-corrected chi connectivity index (χ3v) is 21.3. The standard InChI is InChI=1S/C33H53N5O15S2.C27H50N4O11S/c1-18-15-21(36-55(47,48)23-12-10-9-11-22(23)38(43)44)27(52-30-25(40)28(33(5,42)17-49-30)37(7)54(8,45)46)24(39)26(18)51-29-20(14-13-19(50-29)16-34-6)35-31(41)53-32(2,3)4;1-14-11-16(28)21(41-24-19(33)22(27(5,35)13-38-24)31(7)43(8,36)37)18(32)20(14)40-23-17(10-9-15(39-23)12-29-6)30-25(34)42-26(2,3)4/h9-13,18,20-21,24-30,34,36,39-40,42H,14-17H2,1-8H3,(H,35,41);9,14,16-24,29,32-33,35H,10-13,28H2,1-8H3,(H,30,34)/t18-,20+,21+,24-,25+,26+,27-,28+,29+,30+,33-;14-,16+,17+,18-,19+,20+,21-,22+,23+,24+,27-/m00/s1. The van der Waals surface area contributed by atoms with E-state index in [0.29, 0.717) is 37.4 Å². The van der Waals surface area contributed by atoms with E-state index >= 15 is 0 Å². The summed E-state index contributed by atoms with van der Waals surface area (Å²) in [5.74, 6) is 0.127. The molecule has 38 heteroatoms. The van der Waals surface area contributed by atoms with E-state index in [0.717, 1.165) is 40.3 Å². The highest BCUT2D eigenvalue weighted by Gasteiger charge is 2.57. The van der Waals surface area contributed by atoms with Gasteiger partial charge in [-0.05, 0) is 125 Å². The second-order valence-electron chi connectivity index (χ2n) is 28.3. The molecule has 0 bridgehead atoms. The van der Waals surface area contributed by atoms with Crippen LogP contribution in [0.5, 0.6) is 0 Å². The van der Waals surface area contributed by atoms with Crippen molar-refractivity contribution in [1.82, 2.24) is 34.6 Å². The van der Waals surface area contributed by atoms with Gasteiger partial charge in [-0.25, -0.2) is 39.6 Å². The highest BCUT2D eigenvalue weighted by molar-refractivity contribution is 7.89. The minimum atomic E-state index is -4.68. The predicted molar refractivity (Wildman–Crippen MR) is 349 cm³/mol. The fourth-order valence-corrected chi connectivity index (χ4v) is 15.5. The number of benzene rings is 1. The molecule has 2 saturated carbocycles. The van der Waals surface area contributed by atoms with Crippen LogP contribution >= 0.6 is 0 Å². The fraction of sp³-hybridized carbons (Fsp3) is 0.800. The zero-order chi connectivity index (χ0) is 73.7. The Morgan fingerprint density at radius 1 is 0.643 bits per heavy atom. The van der Waals surface area contributed by atoms with Crippen molar-refractivity contribution in [3.05, 3.63) is 58.1 Å². The van der Waals surface area contributed by atoms with Crippen LogP contribution in [0.2, 0.25) is 0 Å². The summed E-state index contributed by atoms with van der Waals surface area (Å²) < 4.78 is 140. The van der Waals surface area contributed by atoms with Gasteiger partial charge in [-0.3, -0.25) is 10.1 Å². The lowest BCUT2D eigenvalue weighted by Crippen LogP contribution is -2.68. The number of nitro benzene ring substituents is 1. The average molecular weight is 1460 g/mol. The Morgan fingerprint density at radius 2 is 1.03 bits per heavy atom. The molecular weight excluding hydrogens is 1360 g/mol. The molecule has 6 aliphatic rings. The van der Waals surface area contributed by atoms with E-state index in [-0.39, 0.29) is 25.4 Å². The topological polar surface area (TPSA) is 486 Å². The molecule has 2 amide bonds. The number of hydrogen-bond acceptors (Lipinski definition) is 29. The number of alkyl carbamates (subject to hydrolysis) is 2. The summed E-state index contributed by atoms with van der Waals surface area (Å²) >= 11 is 0. The van der Waals surface area contributed by atoms with Crippen LogP contribution in [0.4, 0.5) is 15.3 Å². The Morgan fingerprint density at radius 3 is 1.43 bits per heavy atom. The molecule has 2 aliphatic carbocycles. The van der Waals surface area contributed by atoms with Crippen molar-refractivity contribution in [3.63, 3.8) is 0 Å². The monoisotopic (exact) mass is 1460 g/mol. The summed E-state index contributed by atoms with van der Waals surface area (Å²) in [4.78, 5) is 35.6. The lowest BCUT2D eigenvalue weighted by atomic mass is 9.80. The maximum atomic E-state index is 13.8. The predicted octanol–water partition coefficient (Wildman–Crippen LogP) is -1.16. The molecule has 7 rings (SSSR count). The Kier molecular flexibility index (Phi) is 27.5. The number of para-hydroxylation sites is 1. The van der Waals surface area contributed by atoms with Crippen LogP contribution in [0, 0.1) is 22.0 Å². The zero-order valence-electron chi connectivity index (χ0n) is 58.2. The number of aliphatic hydroxyl groups excluding tert-OH is 4. The first kappa shape index (κ1) is 82.3. The van der Waals surface area contributed by atoms with Crippen molar-refractivity contribution < 1.29 is 118 Å². The van der Waals surface area contributed by atoms with Gasteiger partial charge in [-0.15, -0.1) is 0 Å². The number of ether oxygens (including phenoxy) is 10. The first-order chi connectivity index (χ1) is 45.1. The zero-order valence-corrected chi connectivity index (χ0v) is 60.6. The van der Waals surface area contributed by atoms with Crippen LogP contribution in [0.3, 0.4) is 0 Å². The molecule has 0 radical (unpaired) electrons. The smallest absolute Gasteiger partial charge is 0.408 e. The lowest BCUT2D eigenvalue weighted by Gasteiger charge is -2.50. The second-order valence-corrected chi connectivity index (χ2v) is 34.0. The first-order valence-electron chi connectivity index (χ1n) is 32.0. The summed E-state index contributed by atoms with van der Waals surface area (Å²) in [5, 5.41) is 91.2. The normalized spacial score (nSPS) is 35.9. The number of nitrogens with one attached hydrogen (secondary N) is 5. The molecule has 0 aromatic heterocycles. The molecule has 0 unspecified atom stereocenters. The summed E-state index contributed by atoms with van der Waals surface area (Å²) in [5.41, 5.74) is 0.510. The van der Waals surface area contributed by atoms with Gasteiger partial charge in [-0.1, -0.05) is 26.0 Å². The van der Waals surface area contributed by atoms with Gasteiger partial charge in [0.2, 0.25) is 42.6 Å². The average Bonchev–Trinajstić information content (AvgIpc) is 0.769. The Balaban J connectivity index is 0.000000319. The Labute approximate surface area is 572 Å². The van der Waals surface area contributed by atoms with Crippen molar-refractivity contribution in [1.29, 1.82) is 0 Å². The minimum absolute atomic E-state index is 0.116. The number of sulfonamides is 3. The number of nitrogens with zero attached hydrogens (tertiary/aromatic N) is 3. The quantitative estimate of drug-likeness (QED) is 0.0481. The molecule has 0 spiro atoms. The summed E-state index contributed by atoms with van der Waals surface area (Å²) in [6.45, 7) is 16.3. The first-order valence-corrected chi connectivity index (χ1v) is 37.2. The highest BCUT2D eigenvalue weighted by atomic mass is 32.2. The van der Waals surface area contributed by atoms with E-state index in [2.05, 4.69) is 26.0 Å². The van der Waals surface area contributed by atoms with Gasteiger partial charge < -0.3 is 105 Å². The fourth-order valence-electron chi connectivity index (χ4n) is 12.6. The van der Waals surface area contributed by atoms with E-state index < -0.39 is 203 Å². The number of nitro groups is 1. The van der Waals surface area contributed by atoms with Gasteiger partial charge in [0.1, 0.15) is 70.5 Å². The van der Waals surface area contributed by atoms with E-state index in [4.69, 9.17) is 53.1 Å². The van der Waals surface area contributed by atoms with Crippen molar-refractivity contribution in [3.8, 4) is 0 Å². The van der Waals surface area contributed by atoms with Crippen LogP contribution in [0.25, 0.3) is 0 Å². The van der Waals surface area contributed by atoms with Gasteiger partial charge in [0.05, 0.1) is 86.2 Å². The molecule has 1 aromatic carbocycles. The third kappa shape index (κ3) is 21.3. The number of aliphatic hydroxyl groups is 6. The van der Waals surface area contributed by atoms with Crippen LogP contribution in [-0.4, -0.2) is 281 Å². The molecular formula is C60H103N9O26S3. The van der Waals surface area contributed by atoms with Crippen molar-refractivity contribution in [2.75, 3.05) is 67.0 Å². The Hall–Kier alpha value is -4.63. The van der Waals surface area contributed by atoms with Crippen LogP contribution in [0.15, 0.2) is 52.8 Å². The maximum absolute atomic E-state index is 13.8. The molecule has 35 nitrogen and oxygen atoms in total. The van der Waals surface area contributed by atoms with Gasteiger partial charge >= 0.3 is 12.2 Å². The number of likely N-dealkylation sites (N-methyl/N-ethyl adjacent to an activating group) is 4. The van der Waals surface area contributed by atoms with Gasteiger partial charge in [-0.2, -0.15) is 8.61 Å². The molecule has 4 aliphatic heterocycles. The summed E-state index contributed by atoms with van der Waals surface area (Å²) in [7, 11) is -6.62. The van der Waals surface area contributed by atoms with Crippen molar-refractivity contribution in [2.45, 2.75) is 232 Å². The molecule has 4 fully saturated rings. The molecule has 1 aromatic rings. The molecule has 2 saturated heterocycles. The van der Waals surface area contributed by atoms with Crippen molar-refractivity contribution in [2.24, 2.45) is 17.6 Å². The van der Waals surface area contributed by atoms with E-state index in [9.17, 15) is 75.6 Å². The summed E-state index contributed by atoms with van der Waals surface area (Å²) in [6, 6.07) is -1.64. The molecule has 98 heavy (non-hydrogen) atoms. The lowest BCUT2D eigenvalue weighted by molar-refractivity contribution is -0.387. The SMILES string of the molecule is CNCC1=CC[C@@H](NC(=O)OC(C)(C)C)[C@@H](O[C@H]2[C@H](O)[C@@H](O[C@H]3OC[C@](C)(O)[C@H](N(C)S(C)(=O)=O)[C@H]3O)[C@H](N)C[C@@H]2C)O1.CNCC1=CC[C@@H](NC(=O)OC(C)(C)C)[C@@H](O[C@H]2[C@H](O)[C@@H](O[C@H]3OC[C@](C)(O)[C@H](N(C)S(C)(=O)=O)[C@H]3O)[C@H](NS(=O)(=O)c3ccccc3[N+](=O)[O-])C[C@@H]2C)O1. The Bertz CT molecular complexity index is 3300. The third-order valence-electron chi connectivity index (χ3n) is 17.3. The van der Waals surface area contributed by atoms with Crippen LogP contribution in [0.1, 0.15) is 94.9 Å². The number of nitrogens with two attached hydrogens (primary N) is 1. The van der Waals surface area contributed by atoms with E-state index in [1.54, 1.807) is 68.6 Å². The van der Waals surface area contributed by atoms with Crippen LogP contribution in [-0.2, 0) is 77.4 Å². The summed E-state index contributed by atoms with van der Waals surface area (Å²) in [6.07, 6.45) is -11.8. The number of rotatable bonds is 22. The number of amides is 2. The van der Waals surface area contributed by atoms with Crippen molar-refractivity contribution >= 4 is 47.9 Å². The molecule has 22 atom stereocenters. The number of carbonyl (C=O) groups excluding carboxylic acids is 2. The molecule has 4 heterocycles. The molecule has 13 N–H and O–H groups in total. The van der Waals surface area contributed by atoms with Gasteiger partial charge in [0.25, 0.3) is 5.69 Å². The largest absolute Gasteiger partial charge is 0.466 e.